The molecule has 0 aliphatic heterocycles. The van der Waals surface area contributed by atoms with Crippen LogP contribution in [0, 0.1) is 11.6 Å². The Labute approximate surface area is 107 Å². The van der Waals surface area contributed by atoms with Gasteiger partial charge in [0.2, 0.25) is 0 Å². The summed E-state index contributed by atoms with van der Waals surface area (Å²) in [5, 5.41) is 11.8. The fourth-order valence-corrected chi connectivity index (χ4v) is 2.58. The zero-order valence-corrected chi connectivity index (χ0v) is 10.5. The highest BCUT2D eigenvalue weighted by molar-refractivity contribution is 7.10. The van der Waals surface area contributed by atoms with Gasteiger partial charge in [-0.1, -0.05) is 6.07 Å². The van der Waals surface area contributed by atoms with Gasteiger partial charge in [-0.3, -0.25) is 0 Å². The lowest BCUT2D eigenvalue weighted by molar-refractivity contribution is 0.175. The van der Waals surface area contributed by atoms with Gasteiger partial charge >= 0.3 is 0 Å². The van der Waals surface area contributed by atoms with E-state index in [4.69, 9.17) is 4.74 Å². The standard InChI is InChI=1S/C13H12F2O2S/c1-17-12-5-6-18-13(12)11(16)7-8-9(14)3-2-4-10(8)15/h2-6,11,16H,7H2,1H3. The molecule has 0 bridgehead atoms. The van der Waals surface area contributed by atoms with Gasteiger partial charge in [0.1, 0.15) is 17.4 Å². The van der Waals surface area contributed by atoms with Gasteiger partial charge in [-0.25, -0.2) is 8.78 Å². The third-order valence-corrected chi connectivity index (χ3v) is 3.64. The number of methoxy groups -OCH3 is 1. The van der Waals surface area contributed by atoms with E-state index in [1.807, 2.05) is 0 Å². The number of thiophene rings is 1. The monoisotopic (exact) mass is 270 g/mol. The summed E-state index contributed by atoms with van der Waals surface area (Å²) >= 11 is 1.29. The maximum atomic E-state index is 13.5. The number of ether oxygens (including phenoxy) is 1. The summed E-state index contributed by atoms with van der Waals surface area (Å²) in [5.41, 5.74) is -0.111. The molecule has 1 heterocycles. The molecule has 1 atom stereocenters. The summed E-state index contributed by atoms with van der Waals surface area (Å²) in [7, 11) is 1.49. The van der Waals surface area contributed by atoms with Crippen molar-refractivity contribution in [1.82, 2.24) is 0 Å². The largest absolute Gasteiger partial charge is 0.495 e. The van der Waals surface area contributed by atoms with Crippen LogP contribution in [0.1, 0.15) is 16.5 Å². The molecular formula is C13H12F2O2S. The third-order valence-electron chi connectivity index (χ3n) is 2.64. The van der Waals surface area contributed by atoms with Crippen LogP contribution in [0.5, 0.6) is 5.75 Å². The number of aliphatic hydroxyl groups is 1. The molecule has 1 unspecified atom stereocenters. The molecule has 0 fully saturated rings. The lowest BCUT2D eigenvalue weighted by atomic mass is 10.1. The van der Waals surface area contributed by atoms with Gasteiger partial charge in [-0.05, 0) is 23.6 Å². The molecule has 1 N–H and O–H groups in total. The Balaban J connectivity index is 2.24. The quantitative estimate of drug-likeness (QED) is 0.923. The first-order valence-electron chi connectivity index (χ1n) is 5.35. The number of rotatable bonds is 4. The second-order valence-corrected chi connectivity index (χ2v) is 4.72. The molecule has 5 heteroatoms. The third kappa shape index (κ3) is 2.52. The van der Waals surface area contributed by atoms with E-state index in [0.717, 1.165) is 0 Å². The summed E-state index contributed by atoms with van der Waals surface area (Å²) in [6.07, 6.45) is -1.10. The molecule has 0 aliphatic rings. The number of aliphatic hydroxyl groups excluding tert-OH is 1. The average Bonchev–Trinajstić information content (AvgIpc) is 2.82. The molecular weight excluding hydrogens is 258 g/mol. The van der Waals surface area contributed by atoms with E-state index >= 15 is 0 Å². The lowest BCUT2D eigenvalue weighted by Crippen LogP contribution is -2.05. The molecule has 1 aromatic heterocycles. The first-order valence-corrected chi connectivity index (χ1v) is 6.23. The van der Waals surface area contributed by atoms with Crippen molar-refractivity contribution >= 4 is 11.3 Å². The van der Waals surface area contributed by atoms with Gasteiger partial charge in [-0.2, -0.15) is 0 Å². The van der Waals surface area contributed by atoms with E-state index in [9.17, 15) is 13.9 Å². The normalized spacial score (nSPS) is 12.4. The molecule has 2 rings (SSSR count). The smallest absolute Gasteiger partial charge is 0.135 e. The Morgan fingerprint density at radius 2 is 1.94 bits per heavy atom. The minimum Gasteiger partial charge on any atom is -0.495 e. The maximum absolute atomic E-state index is 13.5. The number of hydrogen-bond donors (Lipinski definition) is 1. The van der Waals surface area contributed by atoms with Crippen LogP contribution in [0.3, 0.4) is 0 Å². The highest BCUT2D eigenvalue weighted by Gasteiger charge is 2.19. The fraction of sp³-hybridized carbons (Fsp3) is 0.231. The second kappa shape index (κ2) is 5.46. The van der Waals surface area contributed by atoms with Crippen molar-refractivity contribution in [2.24, 2.45) is 0 Å². The highest BCUT2D eigenvalue weighted by Crippen LogP contribution is 2.33. The molecule has 2 aromatic rings. The van der Waals surface area contributed by atoms with Gasteiger partial charge in [0.15, 0.2) is 0 Å². The Kier molecular flexibility index (Phi) is 3.93. The van der Waals surface area contributed by atoms with Crippen LogP contribution < -0.4 is 4.74 Å². The van der Waals surface area contributed by atoms with Crippen LogP contribution in [0.25, 0.3) is 0 Å². The summed E-state index contributed by atoms with van der Waals surface area (Å²) in [6, 6.07) is 5.36. The molecule has 18 heavy (non-hydrogen) atoms. The predicted octanol–water partition coefficient (Wildman–Crippen LogP) is 3.31. The first-order chi connectivity index (χ1) is 8.63. The highest BCUT2D eigenvalue weighted by atomic mass is 32.1. The summed E-state index contributed by atoms with van der Waals surface area (Å²) in [5.74, 6) is -0.765. The van der Waals surface area contributed by atoms with Crippen molar-refractivity contribution < 1.29 is 18.6 Å². The zero-order valence-electron chi connectivity index (χ0n) is 9.69. The van der Waals surface area contributed by atoms with Crippen LogP contribution >= 0.6 is 11.3 Å². The molecule has 0 saturated carbocycles. The minimum absolute atomic E-state index is 0.111. The van der Waals surface area contributed by atoms with E-state index in [1.54, 1.807) is 11.4 Å². The van der Waals surface area contributed by atoms with E-state index in [1.165, 1.54) is 36.6 Å². The van der Waals surface area contributed by atoms with E-state index in [0.29, 0.717) is 10.6 Å². The predicted molar refractivity (Wildman–Crippen MR) is 65.9 cm³/mol. The lowest BCUT2D eigenvalue weighted by Gasteiger charge is -2.12. The van der Waals surface area contributed by atoms with Crippen LogP contribution in [0.4, 0.5) is 8.78 Å². The fourth-order valence-electron chi connectivity index (χ4n) is 1.73. The first kappa shape index (κ1) is 13.0. The Hall–Kier alpha value is -1.46. The molecule has 1 aromatic carbocycles. The van der Waals surface area contributed by atoms with Crippen LogP contribution in [-0.2, 0) is 6.42 Å². The van der Waals surface area contributed by atoms with Gasteiger partial charge < -0.3 is 9.84 Å². The van der Waals surface area contributed by atoms with Crippen LogP contribution in [0.2, 0.25) is 0 Å². The van der Waals surface area contributed by atoms with Crippen molar-refractivity contribution in [2.45, 2.75) is 12.5 Å². The summed E-state index contributed by atoms with van der Waals surface area (Å²) in [6.45, 7) is 0. The van der Waals surface area contributed by atoms with Crippen molar-refractivity contribution in [3.05, 3.63) is 51.7 Å². The molecule has 96 valence electrons. The second-order valence-electron chi connectivity index (χ2n) is 3.77. The van der Waals surface area contributed by atoms with E-state index < -0.39 is 17.7 Å². The van der Waals surface area contributed by atoms with Gasteiger partial charge in [0.05, 0.1) is 18.1 Å². The molecule has 2 nitrogen and oxygen atoms in total. The molecule has 0 radical (unpaired) electrons. The van der Waals surface area contributed by atoms with Crippen molar-refractivity contribution in [1.29, 1.82) is 0 Å². The van der Waals surface area contributed by atoms with Crippen molar-refractivity contribution in [3.8, 4) is 5.75 Å². The van der Waals surface area contributed by atoms with Crippen molar-refractivity contribution in [2.75, 3.05) is 7.11 Å². The number of hydrogen-bond acceptors (Lipinski definition) is 3. The molecule has 0 spiro atoms. The van der Waals surface area contributed by atoms with Gasteiger partial charge in [0, 0.05) is 12.0 Å². The number of benzene rings is 1. The Bertz CT molecular complexity index is 519. The van der Waals surface area contributed by atoms with Crippen LogP contribution in [-0.4, -0.2) is 12.2 Å². The van der Waals surface area contributed by atoms with E-state index in [-0.39, 0.29) is 12.0 Å². The SMILES string of the molecule is COc1ccsc1C(O)Cc1c(F)cccc1F. The summed E-state index contributed by atoms with van der Waals surface area (Å²) in [4.78, 5) is 0.570. The molecule has 0 amide bonds. The minimum atomic E-state index is -0.980. The Morgan fingerprint density at radius 1 is 1.28 bits per heavy atom. The average molecular weight is 270 g/mol. The summed E-state index contributed by atoms with van der Waals surface area (Å²) < 4.78 is 32.0. The Morgan fingerprint density at radius 3 is 2.56 bits per heavy atom. The zero-order chi connectivity index (χ0) is 13.1. The topological polar surface area (TPSA) is 29.5 Å². The number of halogens is 2. The van der Waals surface area contributed by atoms with Gasteiger partial charge in [-0.15, -0.1) is 11.3 Å². The van der Waals surface area contributed by atoms with Crippen molar-refractivity contribution in [3.63, 3.8) is 0 Å². The van der Waals surface area contributed by atoms with Crippen LogP contribution in [0.15, 0.2) is 29.6 Å². The molecule has 0 saturated heterocycles. The van der Waals surface area contributed by atoms with E-state index in [2.05, 4.69) is 0 Å². The maximum Gasteiger partial charge on any atom is 0.135 e. The van der Waals surface area contributed by atoms with Gasteiger partial charge in [0.25, 0.3) is 0 Å². The molecule has 0 aliphatic carbocycles.